The summed E-state index contributed by atoms with van der Waals surface area (Å²) in [6.07, 6.45) is -0.293. The molecule has 0 unspecified atom stereocenters. The number of benzene rings is 2. The van der Waals surface area contributed by atoms with E-state index in [0.29, 0.717) is 4.32 Å². The van der Waals surface area contributed by atoms with Crippen LogP contribution in [-0.4, -0.2) is 28.0 Å². The quantitative estimate of drug-likeness (QED) is 0.718. The Hall–Kier alpha value is -1.69. The Bertz CT molecular complexity index is 736. The van der Waals surface area contributed by atoms with Crippen molar-refractivity contribution in [3.8, 4) is 0 Å². The van der Waals surface area contributed by atoms with Crippen molar-refractivity contribution in [3.63, 3.8) is 0 Å². The molecule has 3 atom stereocenters. The van der Waals surface area contributed by atoms with E-state index in [9.17, 15) is 4.79 Å². The van der Waals surface area contributed by atoms with Gasteiger partial charge in [-0.1, -0.05) is 91.6 Å². The highest BCUT2D eigenvalue weighted by molar-refractivity contribution is 8.23. The van der Waals surface area contributed by atoms with Gasteiger partial charge in [0.05, 0.1) is 18.1 Å². The van der Waals surface area contributed by atoms with Crippen molar-refractivity contribution in [2.45, 2.75) is 19.1 Å². The zero-order valence-electron chi connectivity index (χ0n) is 14.3. The van der Waals surface area contributed by atoms with Crippen LogP contribution in [0.25, 0.3) is 0 Å². The normalized spacial score (nSPS) is 19.7. The molecular formula is C20H21NO2S2. The van der Waals surface area contributed by atoms with Crippen molar-refractivity contribution < 1.29 is 9.53 Å². The van der Waals surface area contributed by atoms with E-state index >= 15 is 0 Å². The largest absolute Gasteiger partial charge is 0.376 e. The number of hydrogen-bond donors (Lipinski definition) is 0. The Kier molecular flexibility index (Phi) is 5.89. The zero-order valence-corrected chi connectivity index (χ0v) is 15.9. The summed E-state index contributed by atoms with van der Waals surface area (Å²) in [4.78, 5) is 15.0. The van der Waals surface area contributed by atoms with E-state index in [4.69, 9.17) is 17.0 Å². The van der Waals surface area contributed by atoms with Crippen molar-refractivity contribution in [3.05, 3.63) is 71.8 Å². The summed E-state index contributed by atoms with van der Waals surface area (Å²) in [5.41, 5.74) is 2.11. The lowest BCUT2D eigenvalue weighted by Crippen LogP contribution is -2.39. The molecule has 3 rings (SSSR count). The monoisotopic (exact) mass is 371 g/mol. The molecule has 0 saturated carbocycles. The van der Waals surface area contributed by atoms with Crippen molar-refractivity contribution in [1.82, 2.24) is 4.90 Å². The molecule has 0 radical (unpaired) electrons. The van der Waals surface area contributed by atoms with E-state index in [0.717, 1.165) is 16.9 Å². The van der Waals surface area contributed by atoms with E-state index in [1.54, 1.807) is 23.8 Å². The van der Waals surface area contributed by atoms with E-state index in [1.165, 1.54) is 0 Å². The summed E-state index contributed by atoms with van der Waals surface area (Å²) in [5, 5.41) is 0. The molecule has 1 saturated heterocycles. The number of nitrogens with zero attached hydrogens (tertiary/aromatic N) is 1. The number of thiocarbonyl (C=S) groups is 1. The van der Waals surface area contributed by atoms with Crippen LogP contribution in [0.4, 0.5) is 0 Å². The van der Waals surface area contributed by atoms with Crippen LogP contribution in [0.2, 0.25) is 0 Å². The minimum Gasteiger partial charge on any atom is -0.376 e. The van der Waals surface area contributed by atoms with Gasteiger partial charge in [0.2, 0.25) is 5.91 Å². The SMILES string of the molecule is CO[C@H](c1ccccc1)[C@@H](C)C(=O)N1C(=S)SC[C@@H]1c1ccccc1. The molecule has 2 aromatic carbocycles. The van der Waals surface area contributed by atoms with Gasteiger partial charge in [0.1, 0.15) is 4.32 Å². The fourth-order valence-corrected chi connectivity index (χ4v) is 4.63. The molecule has 3 nitrogen and oxygen atoms in total. The second-order valence-corrected chi connectivity index (χ2v) is 7.72. The molecule has 1 amide bonds. The average Bonchev–Trinajstić information content (AvgIpc) is 3.04. The molecule has 0 bridgehead atoms. The summed E-state index contributed by atoms with van der Waals surface area (Å²) in [6.45, 7) is 1.91. The number of carbonyl (C=O) groups excluding carboxylic acids is 1. The molecule has 25 heavy (non-hydrogen) atoms. The molecule has 2 aromatic rings. The first-order valence-electron chi connectivity index (χ1n) is 8.26. The second-order valence-electron chi connectivity index (χ2n) is 6.07. The predicted octanol–water partition coefficient (Wildman–Crippen LogP) is 4.61. The van der Waals surface area contributed by atoms with Crippen molar-refractivity contribution in [2.75, 3.05) is 12.9 Å². The minimum absolute atomic E-state index is 0.0121. The third-order valence-electron chi connectivity index (χ3n) is 4.52. The van der Waals surface area contributed by atoms with Gasteiger partial charge in [0, 0.05) is 12.9 Å². The molecule has 1 heterocycles. The fraction of sp³-hybridized carbons (Fsp3) is 0.300. The number of ether oxygens (including phenoxy) is 1. The van der Waals surface area contributed by atoms with E-state index in [2.05, 4.69) is 12.1 Å². The van der Waals surface area contributed by atoms with Crippen LogP contribution >= 0.6 is 24.0 Å². The number of hydrogen-bond acceptors (Lipinski definition) is 4. The number of thioether (sulfide) groups is 1. The molecule has 1 fully saturated rings. The van der Waals surface area contributed by atoms with Crippen molar-refractivity contribution in [1.29, 1.82) is 0 Å². The minimum atomic E-state index is -0.324. The van der Waals surface area contributed by atoms with Gasteiger partial charge >= 0.3 is 0 Å². The molecule has 1 aliphatic rings. The first-order chi connectivity index (χ1) is 12.1. The highest BCUT2D eigenvalue weighted by atomic mass is 32.2. The highest BCUT2D eigenvalue weighted by Crippen LogP contribution is 2.38. The Morgan fingerprint density at radius 3 is 2.36 bits per heavy atom. The lowest BCUT2D eigenvalue weighted by Gasteiger charge is -2.30. The van der Waals surface area contributed by atoms with Crippen molar-refractivity contribution >= 4 is 34.2 Å². The Morgan fingerprint density at radius 1 is 1.16 bits per heavy atom. The molecule has 0 aliphatic carbocycles. The summed E-state index contributed by atoms with van der Waals surface area (Å²) < 4.78 is 6.30. The third kappa shape index (κ3) is 3.78. The van der Waals surface area contributed by atoms with Crippen molar-refractivity contribution in [2.24, 2.45) is 5.92 Å². The summed E-state index contributed by atoms with van der Waals surface area (Å²) in [7, 11) is 1.65. The predicted molar refractivity (Wildman–Crippen MR) is 106 cm³/mol. The Morgan fingerprint density at radius 2 is 1.76 bits per heavy atom. The average molecular weight is 372 g/mol. The molecule has 0 spiro atoms. The fourth-order valence-electron chi connectivity index (χ4n) is 3.21. The van der Waals surface area contributed by atoms with Crippen LogP contribution in [0.15, 0.2) is 60.7 Å². The summed E-state index contributed by atoms with van der Waals surface area (Å²) in [5.74, 6) is 0.486. The van der Waals surface area contributed by atoms with Gasteiger partial charge in [-0.15, -0.1) is 0 Å². The number of carbonyl (C=O) groups is 1. The summed E-state index contributed by atoms with van der Waals surface area (Å²) in [6, 6.07) is 19.9. The molecule has 130 valence electrons. The van der Waals surface area contributed by atoms with Gasteiger partial charge in [-0.25, -0.2) is 0 Å². The molecule has 5 heteroatoms. The van der Waals surface area contributed by atoms with Gasteiger partial charge in [-0.05, 0) is 11.1 Å². The maximum Gasteiger partial charge on any atom is 0.234 e. The first kappa shape index (κ1) is 18.1. The second kappa shape index (κ2) is 8.13. The maximum atomic E-state index is 13.3. The van der Waals surface area contributed by atoms with E-state index < -0.39 is 0 Å². The lowest BCUT2D eigenvalue weighted by atomic mass is 9.95. The van der Waals surface area contributed by atoms with Gasteiger partial charge in [0.25, 0.3) is 0 Å². The molecule has 0 aromatic heterocycles. The Balaban J connectivity index is 1.85. The third-order valence-corrected chi connectivity index (χ3v) is 6.00. The van der Waals surface area contributed by atoms with Gasteiger partial charge < -0.3 is 4.74 Å². The van der Waals surface area contributed by atoms with Gasteiger partial charge in [-0.3, -0.25) is 9.69 Å². The number of methoxy groups -OCH3 is 1. The standard InChI is InChI=1S/C20H21NO2S2/c1-14(18(23-2)16-11-7-4-8-12-16)19(22)21-17(13-25-20(21)24)15-9-5-3-6-10-15/h3-12,14,17-18H,13H2,1-2H3/t14-,17-,18+/m1/s1. The molecule has 0 N–H and O–H groups in total. The van der Waals surface area contributed by atoms with Crippen LogP contribution in [0, 0.1) is 5.92 Å². The maximum absolute atomic E-state index is 13.3. The van der Waals surface area contributed by atoms with Crippen LogP contribution < -0.4 is 0 Å². The number of rotatable bonds is 5. The van der Waals surface area contributed by atoms with E-state index in [-0.39, 0.29) is 24.0 Å². The zero-order chi connectivity index (χ0) is 17.8. The Labute approximate surface area is 158 Å². The highest BCUT2D eigenvalue weighted by Gasteiger charge is 2.39. The van der Waals surface area contributed by atoms with Gasteiger partial charge in [-0.2, -0.15) is 0 Å². The van der Waals surface area contributed by atoms with Gasteiger partial charge in [0.15, 0.2) is 0 Å². The van der Waals surface area contributed by atoms with Crippen LogP contribution in [0.3, 0.4) is 0 Å². The molecule has 1 aliphatic heterocycles. The smallest absolute Gasteiger partial charge is 0.234 e. The first-order valence-corrected chi connectivity index (χ1v) is 9.65. The number of amides is 1. The molecular weight excluding hydrogens is 350 g/mol. The lowest BCUT2D eigenvalue weighted by molar-refractivity contribution is -0.136. The van der Waals surface area contributed by atoms with Crippen LogP contribution in [-0.2, 0) is 9.53 Å². The summed E-state index contributed by atoms with van der Waals surface area (Å²) >= 11 is 7.04. The topological polar surface area (TPSA) is 29.5 Å². The van der Waals surface area contributed by atoms with Crippen LogP contribution in [0.5, 0.6) is 0 Å². The van der Waals surface area contributed by atoms with E-state index in [1.807, 2.05) is 55.5 Å². The van der Waals surface area contributed by atoms with Crippen LogP contribution in [0.1, 0.15) is 30.2 Å².